The van der Waals surface area contributed by atoms with Gasteiger partial charge in [0.2, 0.25) is 0 Å². The van der Waals surface area contributed by atoms with E-state index in [9.17, 15) is 33.8 Å². The summed E-state index contributed by atoms with van der Waals surface area (Å²) in [6.45, 7) is 0. The van der Waals surface area contributed by atoms with Crippen LogP contribution in [0.5, 0.6) is 5.75 Å². The number of allylic oxidation sites excluding steroid dienone is 3. The first-order valence-electron chi connectivity index (χ1n) is 9.01. The second-order valence-electron chi connectivity index (χ2n) is 7.06. The van der Waals surface area contributed by atoms with E-state index >= 15 is 0 Å². The van der Waals surface area contributed by atoms with Crippen molar-refractivity contribution in [3.05, 3.63) is 52.7 Å². The first-order valence-corrected chi connectivity index (χ1v) is 9.01. The van der Waals surface area contributed by atoms with Crippen LogP contribution in [0.3, 0.4) is 0 Å². The van der Waals surface area contributed by atoms with Crippen molar-refractivity contribution in [2.75, 3.05) is 0 Å². The number of ether oxygens (including phenoxy) is 1. The van der Waals surface area contributed by atoms with Gasteiger partial charge in [-0.15, -0.1) is 0 Å². The Morgan fingerprint density at radius 2 is 1.80 bits per heavy atom. The Bertz CT molecular complexity index is 1050. The molecule has 0 saturated carbocycles. The number of esters is 1. The SMILES string of the molecule is N#CC1=C(N)C2=CCCC[C@@H]2[C@@H](c2ccc(OC(=O)C(F)(F)F)cc2)C1(C#N)C#N. The van der Waals surface area contributed by atoms with Crippen molar-refractivity contribution in [2.24, 2.45) is 17.1 Å². The molecule has 2 atom stereocenters. The molecule has 0 bridgehead atoms. The minimum atomic E-state index is -5.13. The molecule has 2 N–H and O–H groups in total. The molecular weight excluding hydrogens is 397 g/mol. The van der Waals surface area contributed by atoms with Crippen molar-refractivity contribution >= 4 is 5.97 Å². The molecule has 1 aromatic rings. The van der Waals surface area contributed by atoms with Gasteiger partial charge in [0.1, 0.15) is 5.75 Å². The quantitative estimate of drug-likeness (QED) is 0.583. The van der Waals surface area contributed by atoms with Gasteiger partial charge in [0, 0.05) is 5.92 Å². The highest BCUT2D eigenvalue weighted by atomic mass is 19.4. The largest absolute Gasteiger partial charge is 0.491 e. The zero-order chi connectivity index (χ0) is 22.1. The van der Waals surface area contributed by atoms with Crippen LogP contribution in [0.2, 0.25) is 0 Å². The molecule has 2 aliphatic rings. The van der Waals surface area contributed by atoms with Gasteiger partial charge < -0.3 is 10.5 Å². The summed E-state index contributed by atoms with van der Waals surface area (Å²) in [6.07, 6.45) is -1.06. The van der Waals surface area contributed by atoms with E-state index in [-0.39, 0.29) is 22.9 Å². The van der Waals surface area contributed by atoms with Crippen LogP contribution in [-0.2, 0) is 4.79 Å². The van der Waals surface area contributed by atoms with Gasteiger partial charge in [-0.2, -0.15) is 29.0 Å². The summed E-state index contributed by atoms with van der Waals surface area (Å²) in [6, 6.07) is 11.0. The van der Waals surface area contributed by atoms with Crippen LogP contribution >= 0.6 is 0 Å². The van der Waals surface area contributed by atoms with E-state index in [1.165, 1.54) is 24.3 Å². The summed E-state index contributed by atoms with van der Waals surface area (Å²) in [7, 11) is 0. The summed E-state index contributed by atoms with van der Waals surface area (Å²) >= 11 is 0. The molecule has 0 unspecified atom stereocenters. The minimum Gasteiger partial charge on any atom is -0.420 e. The van der Waals surface area contributed by atoms with Crippen LogP contribution in [0.25, 0.3) is 0 Å². The molecule has 3 rings (SSSR count). The number of carbonyl (C=O) groups excluding carboxylic acids is 1. The summed E-state index contributed by atoms with van der Waals surface area (Å²) in [5, 5.41) is 29.5. The van der Waals surface area contributed by atoms with Crippen LogP contribution < -0.4 is 10.5 Å². The first-order chi connectivity index (χ1) is 14.2. The van der Waals surface area contributed by atoms with Crippen LogP contribution in [0.4, 0.5) is 13.2 Å². The Balaban J connectivity index is 2.09. The van der Waals surface area contributed by atoms with Gasteiger partial charge in [0.15, 0.2) is 5.41 Å². The predicted molar refractivity (Wildman–Crippen MR) is 96.8 cm³/mol. The number of carbonyl (C=O) groups is 1. The van der Waals surface area contributed by atoms with Crippen molar-refractivity contribution in [1.82, 2.24) is 0 Å². The number of benzene rings is 1. The normalized spacial score (nSPS) is 22.6. The summed E-state index contributed by atoms with van der Waals surface area (Å²) in [5.41, 5.74) is 5.48. The van der Waals surface area contributed by atoms with Crippen molar-refractivity contribution in [3.63, 3.8) is 0 Å². The number of nitrogens with zero attached hydrogens (tertiary/aromatic N) is 3. The number of hydrogen-bond acceptors (Lipinski definition) is 6. The van der Waals surface area contributed by atoms with Gasteiger partial charge in [0.25, 0.3) is 0 Å². The lowest BCUT2D eigenvalue weighted by Crippen LogP contribution is -2.41. The molecule has 0 fully saturated rings. The zero-order valence-electron chi connectivity index (χ0n) is 15.5. The van der Waals surface area contributed by atoms with Crippen LogP contribution in [-0.4, -0.2) is 12.1 Å². The average Bonchev–Trinajstić information content (AvgIpc) is 2.73. The monoisotopic (exact) mass is 412 g/mol. The smallest absolute Gasteiger partial charge is 0.420 e. The second-order valence-corrected chi connectivity index (χ2v) is 7.06. The maximum absolute atomic E-state index is 12.4. The fourth-order valence-electron chi connectivity index (χ4n) is 4.19. The molecule has 0 amide bonds. The molecule has 30 heavy (non-hydrogen) atoms. The van der Waals surface area contributed by atoms with Crippen molar-refractivity contribution < 1.29 is 22.7 Å². The van der Waals surface area contributed by atoms with Gasteiger partial charge in [-0.3, -0.25) is 0 Å². The molecule has 0 saturated heterocycles. The molecule has 0 heterocycles. The summed E-state index contributed by atoms with van der Waals surface area (Å²) < 4.78 is 41.5. The molecule has 152 valence electrons. The van der Waals surface area contributed by atoms with Crippen molar-refractivity contribution in [3.8, 4) is 24.0 Å². The first kappa shape index (κ1) is 21.0. The third-order valence-electron chi connectivity index (χ3n) is 5.47. The molecule has 0 radical (unpaired) electrons. The highest BCUT2D eigenvalue weighted by Gasteiger charge is 2.54. The molecule has 0 spiro atoms. The lowest BCUT2D eigenvalue weighted by molar-refractivity contribution is -0.189. The lowest BCUT2D eigenvalue weighted by Gasteiger charge is -2.43. The fourth-order valence-corrected chi connectivity index (χ4v) is 4.19. The number of rotatable bonds is 2. The van der Waals surface area contributed by atoms with E-state index in [0.717, 1.165) is 12.8 Å². The summed E-state index contributed by atoms with van der Waals surface area (Å²) in [4.78, 5) is 11.0. The Labute approximate surface area is 170 Å². The zero-order valence-corrected chi connectivity index (χ0v) is 15.5. The van der Waals surface area contributed by atoms with E-state index < -0.39 is 23.5 Å². The maximum atomic E-state index is 12.4. The number of hydrogen-bond donors (Lipinski definition) is 1. The van der Waals surface area contributed by atoms with Gasteiger partial charge in [-0.25, -0.2) is 4.79 Å². The molecule has 6 nitrogen and oxygen atoms in total. The van der Waals surface area contributed by atoms with E-state index in [2.05, 4.69) is 4.74 Å². The number of fused-ring (bicyclic) bond motifs is 1. The van der Waals surface area contributed by atoms with Gasteiger partial charge in [-0.05, 0) is 48.4 Å². The third kappa shape index (κ3) is 3.27. The van der Waals surface area contributed by atoms with Crippen molar-refractivity contribution in [2.45, 2.75) is 31.4 Å². The number of nitrogens with two attached hydrogens (primary N) is 1. The van der Waals surface area contributed by atoms with Gasteiger partial charge >= 0.3 is 12.1 Å². The van der Waals surface area contributed by atoms with Gasteiger partial charge in [-0.1, -0.05) is 18.2 Å². The Hall–Kier alpha value is -3.77. The second kappa shape index (κ2) is 7.57. The Morgan fingerprint density at radius 3 is 2.33 bits per heavy atom. The number of alkyl halides is 3. The average molecular weight is 412 g/mol. The highest BCUT2D eigenvalue weighted by molar-refractivity contribution is 5.78. The maximum Gasteiger partial charge on any atom is 0.491 e. The molecule has 0 aliphatic heterocycles. The van der Waals surface area contributed by atoms with Crippen LogP contribution in [0.15, 0.2) is 47.2 Å². The Kier molecular flexibility index (Phi) is 5.29. The van der Waals surface area contributed by atoms with E-state index in [1.54, 1.807) is 0 Å². The lowest BCUT2D eigenvalue weighted by atomic mass is 9.56. The molecule has 2 aliphatic carbocycles. The minimum absolute atomic E-state index is 0.130. The van der Waals surface area contributed by atoms with Gasteiger partial charge in [0.05, 0.1) is 29.5 Å². The van der Waals surface area contributed by atoms with Crippen LogP contribution in [0.1, 0.15) is 30.7 Å². The van der Waals surface area contributed by atoms with Crippen LogP contribution in [0, 0.1) is 45.3 Å². The third-order valence-corrected chi connectivity index (χ3v) is 5.47. The molecular formula is C21H15F3N4O2. The highest BCUT2D eigenvalue weighted by Crippen LogP contribution is 2.56. The molecule has 9 heteroatoms. The van der Waals surface area contributed by atoms with E-state index in [1.807, 2.05) is 24.3 Å². The Morgan fingerprint density at radius 1 is 1.17 bits per heavy atom. The van der Waals surface area contributed by atoms with E-state index in [0.29, 0.717) is 17.6 Å². The van der Waals surface area contributed by atoms with E-state index in [4.69, 9.17) is 5.73 Å². The molecule has 1 aromatic carbocycles. The predicted octanol–water partition coefficient (Wildman–Crippen LogP) is 3.75. The fraction of sp³-hybridized carbons (Fsp3) is 0.333. The number of nitriles is 3. The standard InChI is InChI=1S/C21H15F3N4O2/c22-21(23,24)19(29)30-13-7-5-12(6-8-13)17-14-3-1-2-4-15(14)18(28)16(9-25)20(17,10-26)11-27/h4-8,14,17H,1-3,28H2/t14-,17+/m0/s1. The number of halogens is 3. The summed E-state index contributed by atoms with van der Waals surface area (Å²) in [5.74, 6) is -3.74. The molecule has 0 aromatic heterocycles. The van der Waals surface area contributed by atoms with Crippen molar-refractivity contribution in [1.29, 1.82) is 15.8 Å². The topological polar surface area (TPSA) is 124 Å².